The molecule has 5 nitrogen and oxygen atoms in total. The van der Waals surface area contributed by atoms with E-state index < -0.39 is 0 Å². The number of anilines is 1. The maximum absolute atomic E-state index is 11.9. The minimum atomic E-state index is -0.124. The summed E-state index contributed by atoms with van der Waals surface area (Å²) in [6, 6.07) is 0. The molecule has 1 rings (SSSR count). The number of nitrogens with one attached hydrogen (secondary N) is 1. The Balaban J connectivity index is 2.73. The van der Waals surface area contributed by atoms with Gasteiger partial charge in [-0.15, -0.1) is 0 Å². The highest BCUT2D eigenvalue weighted by molar-refractivity contribution is 9.10. The second-order valence-corrected chi connectivity index (χ2v) is 6.13. The lowest BCUT2D eigenvalue weighted by atomic mass is 9.88. The van der Waals surface area contributed by atoms with Crippen LogP contribution in [0.1, 0.15) is 33.6 Å². The minimum absolute atomic E-state index is 0.0573. The lowest BCUT2D eigenvalue weighted by Crippen LogP contribution is -2.27. The number of aromatic nitrogens is 2. The molecule has 0 atom stereocenters. The second kappa shape index (κ2) is 7.05. The molecule has 0 aromatic carbocycles. The fourth-order valence-electron chi connectivity index (χ4n) is 1.79. The Morgan fingerprint density at radius 2 is 2.21 bits per heavy atom. The molecule has 6 heteroatoms. The summed E-state index contributed by atoms with van der Waals surface area (Å²) >= 11 is 3.32. The van der Waals surface area contributed by atoms with E-state index in [9.17, 15) is 4.79 Å². The number of hydrogen-bond acceptors (Lipinski definition) is 4. The lowest BCUT2D eigenvalue weighted by Gasteiger charge is -2.25. The molecule has 0 saturated heterocycles. The maximum Gasteiger partial charge on any atom is 0.283 e. The Labute approximate surface area is 122 Å². The van der Waals surface area contributed by atoms with Crippen LogP contribution in [0.4, 0.5) is 5.69 Å². The smallest absolute Gasteiger partial charge is 0.283 e. The summed E-state index contributed by atoms with van der Waals surface area (Å²) in [6.07, 6.45) is 3.37. The van der Waals surface area contributed by atoms with Gasteiger partial charge in [-0.3, -0.25) is 4.79 Å². The van der Waals surface area contributed by atoms with Gasteiger partial charge in [0.1, 0.15) is 4.47 Å². The van der Waals surface area contributed by atoms with Gasteiger partial charge in [0.25, 0.3) is 5.56 Å². The third-order valence-electron chi connectivity index (χ3n) is 3.05. The molecule has 1 aromatic heterocycles. The second-order valence-electron chi connectivity index (χ2n) is 5.34. The Morgan fingerprint density at radius 3 is 2.79 bits per heavy atom. The summed E-state index contributed by atoms with van der Waals surface area (Å²) in [4.78, 5) is 11.9. The van der Waals surface area contributed by atoms with Crippen LogP contribution in [0.15, 0.2) is 15.5 Å². The van der Waals surface area contributed by atoms with Gasteiger partial charge in [0.2, 0.25) is 0 Å². The molecule has 108 valence electrons. The van der Waals surface area contributed by atoms with Crippen molar-refractivity contribution in [1.29, 1.82) is 0 Å². The number of aryl methyl sites for hydroxylation is 1. The summed E-state index contributed by atoms with van der Waals surface area (Å²) in [5, 5.41) is 16.2. The molecule has 0 aliphatic heterocycles. The zero-order valence-corrected chi connectivity index (χ0v) is 13.3. The fraction of sp³-hybridized carbons (Fsp3) is 0.692. The van der Waals surface area contributed by atoms with Gasteiger partial charge in [-0.1, -0.05) is 13.8 Å². The van der Waals surface area contributed by atoms with Crippen molar-refractivity contribution < 1.29 is 5.11 Å². The molecule has 0 fully saturated rings. The van der Waals surface area contributed by atoms with Gasteiger partial charge in [-0.2, -0.15) is 5.10 Å². The van der Waals surface area contributed by atoms with Crippen molar-refractivity contribution in [2.24, 2.45) is 5.41 Å². The van der Waals surface area contributed by atoms with Crippen LogP contribution in [0.3, 0.4) is 0 Å². The summed E-state index contributed by atoms with van der Waals surface area (Å²) in [5.41, 5.74) is 0.648. The maximum atomic E-state index is 11.9. The molecule has 0 aliphatic rings. The molecule has 0 spiro atoms. The van der Waals surface area contributed by atoms with E-state index in [-0.39, 0.29) is 17.6 Å². The molecule has 1 heterocycles. The lowest BCUT2D eigenvalue weighted by molar-refractivity contribution is 0.248. The number of rotatable bonds is 7. The Bertz CT molecular complexity index is 471. The van der Waals surface area contributed by atoms with Crippen LogP contribution >= 0.6 is 15.9 Å². The predicted molar refractivity (Wildman–Crippen MR) is 80.5 cm³/mol. The number of nitrogens with zero attached hydrogens (tertiary/aromatic N) is 2. The molecule has 0 bridgehead atoms. The third-order valence-corrected chi connectivity index (χ3v) is 3.82. The van der Waals surface area contributed by atoms with Gasteiger partial charge in [0.05, 0.1) is 11.9 Å². The standard InChI is InChI=1S/C13H22BrN3O2/c1-4-17-12(19)11(14)10(8-16-17)15-9-13(2,3)6-5-7-18/h8,15,18H,4-7,9H2,1-3H3. The Kier molecular flexibility index (Phi) is 6.00. The molecule has 2 N–H and O–H groups in total. The Hall–Kier alpha value is -0.880. The monoisotopic (exact) mass is 331 g/mol. The number of hydrogen-bond donors (Lipinski definition) is 2. The Morgan fingerprint density at radius 1 is 1.53 bits per heavy atom. The van der Waals surface area contributed by atoms with Gasteiger partial charge in [0, 0.05) is 19.7 Å². The van der Waals surface area contributed by atoms with Gasteiger partial charge >= 0.3 is 0 Å². The van der Waals surface area contributed by atoms with Gasteiger partial charge < -0.3 is 10.4 Å². The highest BCUT2D eigenvalue weighted by Crippen LogP contribution is 2.24. The first-order chi connectivity index (χ1) is 8.91. The average Bonchev–Trinajstić information content (AvgIpc) is 2.38. The van der Waals surface area contributed by atoms with E-state index in [0.717, 1.165) is 19.4 Å². The predicted octanol–water partition coefficient (Wildman–Crippen LogP) is 2.24. The van der Waals surface area contributed by atoms with E-state index in [1.54, 1.807) is 6.20 Å². The molecule has 19 heavy (non-hydrogen) atoms. The van der Waals surface area contributed by atoms with Crippen molar-refractivity contribution in [3.05, 3.63) is 21.0 Å². The summed E-state index contributed by atoms with van der Waals surface area (Å²) in [7, 11) is 0. The van der Waals surface area contributed by atoms with Crippen LogP contribution in [-0.4, -0.2) is 28.0 Å². The van der Waals surface area contributed by atoms with Crippen LogP contribution in [0.2, 0.25) is 0 Å². The molecular formula is C13H22BrN3O2. The first-order valence-corrected chi connectivity index (χ1v) is 7.31. The number of aliphatic hydroxyl groups excluding tert-OH is 1. The summed E-state index contributed by atoms with van der Waals surface area (Å²) in [5.74, 6) is 0. The fourth-order valence-corrected chi connectivity index (χ4v) is 2.24. The average molecular weight is 332 g/mol. The largest absolute Gasteiger partial charge is 0.396 e. The first kappa shape index (κ1) is 16.2. The topological polar surface area (TPSA) is 67.2 Å². The van der Waals surface area contributed by atoms with Crippen LogP contribution in [-0.2, 0) is 6.54 Å². The van der Waals surface area contributed by atoms with E-state index in [2.05, 4.69) is 40.2 Å². The zero-order valence-electron chi connectivity index (χ0n) is 11.7. The molecular weight excluding hydrogens is 310 g/mol. The van der Waals surface area contributed by atoms with Crippen molar-refractivity contribution in [2.75, 3.05) is 18.5 Å². The quantitative estimate of drug-likeness (QED) is 0.804. The van der Waals surface area contributed by atoms with Crippen molar-refractivity contribution >= 4 is 21.6 Å². The highest BCUT2D eigenvalue weighted by Gasteiger charge is 2.18. The normalized spacial score (nSPS) is 11.6. The molecule has 0 unspecified atom stereocenters. The molecule has 0 amide bonds. The van der Waals surface area contributed by atoms with E-state index in [4.69, 9.17) is 5.11 Å². The number of halogens is 1. The van der Waals surface area contributed by atoms with Crippen LogP contribution < -0.4 is 10.9 Å². The van der Waals surface area contributed by atoms with Crippen molar-refractivity contribution in [3.8, 4) is 0 Å². The summed E-state index contributed by atoms with van der Waals surface area (Å²) in [6.45, 7) is 7.63. The van der Waals surface area contributed by atoms with E-state index in [1.165, 1.54) is 4.68 Å². The van der Waals surface area contributed by atoms with Crippen LogP contribution in [0, 0.1) is 5.41 Å². The van der Waals surface area contributed by atoms with Crippen LogP contribution in [0.5, 0.6) is 0 Å². The molecule has 1 aromatic rings. The van der Waals surface area contributed by atoms with Crippen LogP contribution in [0.25, 0.3) is 0 Å². The van der Waals surface area contributed by atoms with E-state index >= 15 is 0 Å². The minimum Gasteiger partial charge on any atom is -0.396 e. The van der Waals surface area contributed by atoms with Crippen molar-refractivity contribution in [3.63, 3.8) is 0 Å². The highest BCUT2D eigenvalue weighted by atomic mass is 79.9. The van der Waals surface area contributed by atoms with Gasteiger partial charge in [-0.05, 0) is 41.1 Å². The third kappa shape index (κ3) is 4.62. The molecule has 0 saturated carbocycles. The van der Waals surface area contributed by atoms with Gasteiger partial charge in [-0.25, -0.2) is 4.68 Å². The number of aliphatic hydroxyl groups is 1. The van der Waals surface area contributed by atoms with Crippen molar-refractivity contribution in [1.82, 2.24) is 9.78 Å². The first-order valence-electron chi connectivity index (χ1n) is 6.51. The van der Waals surface area contributed by atoms with Crippen molar-refractivity contribution in [2.45, 2.75) is 40.2 Å². The molecule has 0 radical (unpaired) electrons. The summed E-state index contributed by atoms with van der Waals surface area (Å²) < 4.78 is 1.92. The molecule has 0 aliphatic carbocycles. The van der Waals surface area contributed by atoms with Gasteiger partial charge in [0.15, 0.2) is 0 Å². The van der Waals surface area contributed by atoms with E-state index in [1.807, 2.05) is 6.92 Å². The SMILES string of the molecule is CCn1ncc(NCC(C)(C)CCCO)c(Br)c1=O. The van der Waals surface area contributed by atoms with E-state index in [0.29, 0.717) is 16.7 Å². The zero-order chi connectivity index (χ0) is 14.5.